The van der Waals surface area contributed by atoms with Crippen LogP contribution in [0.1, 0.15) is 11.3 Å². The van der Waals surface area contributed by atoms with Gasteiger partial charge in [-0.3, -0.25) is 4.79 Å². The molecule has 2 aromatic rings. The van der Waals surface area contributed by atoms with Crippen molar-refractivity contribution in [1.29, 1.82) is 0 Å². The van der Waals surface area contributed by atoms with Crippen LogP contribution in [0.4, 0.5) is 4.39 Å². The Morgan fingerprint density at radius 2 is 2.30 bits per heavy atom. The smallest absolute Gasteiger partial charge is 0.320 e. The van der Waals surface area contributed by atoms with Gasteiger partial charge in [-0.1, -0.05) is 5.21 Å². The number of nitrogens with two attached hydrogens (primary N) is 1. The number of carboxylic acid groups (broad SMARTS) is 1. The average molecular weight is 343 g/mol. The lowest BCUT2D eigenvalue weighted by molar-refractivity contribution is -0.138. The number of halogens is 2. The van der Waals surface area contributed by atoms with Crippen LogP contribution in [0.5, 0.6) is 0 Å². The number of rotatable bonds is 4. The van der Waals surface area contributed by atoms with Crippen molar-refractivity contribution in [2.45, 2.75) is 19.4 Å². The molecule has 20 heavy (non-hydrogen) atoms. The zero-order valence-electron chi connectivity index (χ0n) is 10.5. The van der Waals surface area contributed by atoms with Crippen molar-refractivity contribution in [2.75, 3.05) is 0 Å². The van der Waals surface area contributed by atoms with Gasteiger partial charge in [0.15, 0.2) is 0 Å². The molecule has 2 rings (SSSR count). The fourth-order valence-corrected chi connectivity index (χ4v) is 2.16. The normalized spacial score (nSPS) is 12.4. The molecule has 0 aliphatic carbocycles. The lowest BCUT2D eigenvalue weighted by Gasteiger charge is -2.06. The zero-order chi connectivity index (χ0) is 14.9. The van der Waals surface area contributed by atoms with Crippen molar-refractivity contribution in [2.24, 2.45) is 5.73 Å². The van der Waals surface area contributed by atoms with Crippen molar-refractivity contribution < 1.29 is 14.3 Å². The minimum atomic E-state index is -1.11. The Morgan fingerprint density at radius 3 is 2.95 bits per heavy atom. The first kappa shape index (κ1) is 14.6. The summed E-state index contributed by atoms with van der Waals surface area (Å²) in [5.41, 5.74) is 7.20. The number of carbonyl (C=O) groups is 1. The first-order valence-electron chi connectivity index (χ1n) is 5.74. The third kappa shape index (κ3) is 3.02. The summed E-state index contributed by atoms with van der Waals surface area (Å²) in [7, 11) is 0. The molecule has 0 aliphatic rings. The van der Waals surface area contributed by atoms with E-state index in [1.807, 2.05) is 6.92 Å². The first-order chi connectivity index (χ1) is 9.38. The van der Waals surface area contributed by atoms with E-state index in [0.717, 1.165) is 5.56 Å². The molecule has 1 atom stereocenters. The van der Waals surface area contributed by atoms with E-state index in [9.17, 15) is 9.18 Å². The van der Waals surface area contributed by atoms with Gasteiger partial charge >= 0.3 is 5.97 Å². The van der Waals surface area contributed by atoms with Gasteiger partial charge in [-0.15, -0.1) is 5.10 Å². The molecule has 6 nitrogen and oxygen atoms in total. The lowest BCUT2D eigenvalue weighted by atomic mass is 10.2. The SMILES string of the molecule is Cc1cc(Br)c(F)cc1-n1cc(CC(N)C(=O)O)nn1. The molecule has 0 saturated heterocycles. The maximum absolute atomic E-state index is 13.6. The summed E-state index contributed by atoms with van der Waals surface area (Å²) in [5, 5.41) is 16.5. The number of aromatic nitrogens is 3. The maximum atomic E-state index is 13.6. The van der Waals surface area contributed by atoms with E-state index in [-0.39, 0.29) is 6.42 Å². The predicted octanol–water partition coefficient (Wildman–Crippen LogP) is 1.43. The maximum Gasteiger partial charge on any atom is 0.320 e. The molecule has 0 spiro atoms. The summed E-state index contributed by atoms with van der Waals surface area (Å²) in [6.45, 7) is 1.81. The summed E-state index contributed by atoms with van der Waals surface area (Å²) in [5.74, 6) is -1.52. The fraction of sp³-hybridized carbons (Fsp3) is 0.250. The number of aryl methyl sites for hydroxylation is 1. The monoisotopic (exact) mass is 342 g/mol. The fourth-order valence-electron chi connectivity index (χ4n) is 1.70. The third-order valence-corrected chi connectivity index (χ3v) is 3.38. The van der Waals surface area contributed by atoms with Crippen LogP contribution in [0.15, 0.2) is 22.8 Å². The Bertz CT molecular complexity index is 659. The second-order valence-electron chi connectivity index (χ2n) is 4.36. The van der Waals surface area contributed by atoms with Gasteiger partial charge in [0, 0.05) is 12.5 Å². The number of hydrogen-bond acceptors (Lipinski definition) is 4. The quantitative estimate of drug-likeness (QED) is 0.876. The van der Waals surface area contributed by atoms with Crippen molar-refractivity contribution >= 4 is 21.9 Å². The van der Waals surface area contributed by atoms with Gasteiger partial charge in [-0.2, -0.15) is 0 Å². The molecule has 8 heteroatoms. The van der Waals surface area contributed by atoms with E-state index in [1.165, 1.54) is 10.7 Å². The van der Waals surface area contributed by atoms with Crippen molar-refractivity contribution in [3.05, 3.63) is 39.9 Å². The highest BCUT2D eigenvalue weighted by Crippen LogP contribution is 2.22. The van der Waals surface area contributed by atoms with E-state index >= 15 is 0 Å². The summed E-state index contributed by atoms with van der Waals surface area (Å²) in [4.78, 5) is 10.7. The van der Waals surface area contributed by atoms with Crippen LogP contribution < -0.4 is 5.73 Å². The van der Waals surface area contributed by atoms with Gasteiger partial charge in [-0.05, 0) is 34.5 Å². The number of nitrogens with zero attached hydrogens (tertiary/aromatic N) is 3. The Balaban J connectivity index is 2.29. The minimum absolute atomic E-state index is 0.0629. The van der Waals surface area contributed by atoms with Crippen molar-refractivity contribution in [1.82, 2.24) is 15.0 Å². The molecular formula is C12H12BrFN4O2. The molecule has 0 radical (unpaired) electrons. The van der Waals surface area contributed by atoms with E-state index in [0.29, 0.717) is 15.9 Å². The molecule has 3 N–H and O–H groups in total. The standard InChI is InChI=1S/C12H12BrFN4O2/c1-6-2-8(13)9(14)4-11(6)18-5-7(16-17-18)3-10(15)12(19)20/h2,4-5,10H,3,15H2,1H3,(H,19,20). The highest BCUT2D eigenvalue weighted by molar-refractivity contribution is 9.10. The summed E-state index contributed by atoms with van der Waals surface area (Å²) >= 11 is 3.10. The zero-order valence-corrected chi connectivity index (χ0v) is 12.1. The topological polar surface area (TPSA) is 94.0 Å². The van der Waals surface area contributed by atoms with E-state index < -0.39 is 17.8 Å². The number of benzene rings is 1. The molecule has 1 aromatic carbocycles. The predicted molar refractivity (Wildman–Crippen MR) is 73.1 cm³/mol. The van der Waals surface area contributed by atoms with Crippen molar-refractivity contribution in [3.63, 3.8) is 0 Å². The summed E-state index contributed by atoms with van der Waals surface area (Å²) in [6, 6.07) is 1.92. The Hall–Kier alpha value is -1.80. The Morgan fingerprint density at radius 1 is 1.60 bits per heavy atom. The average Bonchev–Trinajstić information content (AvgIpc) is 2.82. The molecule has 1 aromatic heterocycles. The van der Waals surface area contributed by atoms with Crippen molar-refractivity contribution in [3.8, 4) is 5.69 Å². The van der Waals surface area contributed by atoms with E-state index in [4.69, 9.17) is 10.8 Å². The first-order valence-corrected chi connectivity index (χ1v) is 6.53. The van der Waals surface area contributed by atoms with Crippen LogP contribution in [0.3, 0.4) is 0 Å². The molecule has 0 fully saturated rings. The van der Waals surface area contributed by atoms with Gasteiger partial charge < -0.3 is 10.8 Å². The van der Waals surface area contributed by atoms with Gasteiger partial charge in [0.25, 0.3) is 0 Å². The second-order valence-corrected chi connectivity index (χ2v) is 5.21. The van der Waals surface area contributed by atoms with Gasteiger partial charge in [0.1, 0.15) is 11.9 Å². The molecule has 0 amide bonds. The Kier molecular flexibility index (Phi) is 4.15. The molecule has 106 valence electrons. The minimum Gasteiger partial charge on any atom is -0.480 e. The molecule has 0 aliphatic heterocycles. The van der Waals surface area contributed by atoms with Crippen LogP contribution in [0.2, 0.25) is 0 Å². The lowest BCUT2D eigenvalue weighted by Crippen LogP contribution is -2.32. The highest BCUT2D eigenvalue weighted by Gasteiger charge is 2.15. The van der Waals surface area contributed by atoms with Gasteiger partial charge in [0.2, 0.25) is 0 Å². The molecule has 1 heterocycles. The molecule has 0 bridgehead atoms. The summed E-state index contributed by atoms with van der Waals surface area (Å²) in [6.07, 6.45) is 1.60. The molecule has 0 saturated carbocycles. The highest BCUT2D eigenvalue weighted by atomic mass is 79.9. The van der Waals surface area contributed by atoms with Gasteiger partial charge in [0.05, 0.1) is 22.1 Å². The third-order valence-electron chi connectivity index (χ3n) is 2.77. The summed E-state index contributed by atoms with van der Waals surface area (Å²) < 4.78 is 15.3. The molecular weight excluding hydrogens is 331 g/mol. The van der Waals surface area contributed by atoms with Crippen LogP contribution in [0, 0.1) is 12.7 Å². The van der Waals surface area contributed by atoms with Crippen LogP contribution >= 0.6 is 15.9 Å². The largest absolute Gasteiger partial charge is 0.480 e. The second kappa shape index (κ2) is 5.68. The van der Waals surface area contributed by atoms with Crippen LogP contribution in [-0.4, -0.2) is 32.1 Å². The number of aliphatic carboxylic acids is 1. The number of carboxylic acids is 1. The molecule has 1 unspecified atom stereocenters. The number of hydrogen-bond donors (Lipinski definition) is 2. The van der Waals surface area contributed by atoms with Crippen LogP contribution in [0.25, 0.3) is 5.69 Å². The van der Waals surface area contributed by atoms with Gasteiger partial charge in [-0.25, -0.2) is 9.07 Å². The van der Waals surface area contributed by atoms with E-state index in [1.54, 1.807) is 12.3 Å². The van der Waals surface area contributed by atoms with Crippen LogP contribution in [-0.2, 0) is 11.2 Å². The Labute approximate surface area is 122 Å². The van der Waals surface area contributed by atoms with E-state index in [2.05, 4.69) is 26.2 Å².